The van der Waals surface area contributed by atoms with Crippen molar-refractivity contribution >= 4 is 17.4 Å². The van der Waals surface area contributed by atoms with Crippen LogP contribution in [-0.4, -0.2) is 18.1 Å². The van der Waals surface area contributed by atoms with Crippen LogP contribution in [0.5, 0.6) is 0 Å². The van der Waals surface area contributed by atoms with Gasteiger partial charge >= 0.3 is 0 Å². The molecule has 0 fully saturated rings. The van der Waals surface area contributed by atoms with Crippen LogP contribution in [-0.2, 0) is 0 Å². The Morgan fingerprint density at radius 1 is 1.12 bits per heavy atom. The summed E-state index contributed by atoms with van der Waals surface area (Å²) < 4.78 is 0. The Balaban J connectivity index is 2.82. The molecule has 0 aliphatic heterocycles. The molecule has 0 radical (unpaired) electrons. The summed E-state index contributed by atoms with van der Waals surface area (Å²) in [4.78, 5) is 6.68. The molecule has 1 rings (SSSR count). The number of rotatable bonds is 5. The molecule has 2 nitrogen and oxygen atoms in total. The minimum absolute atomic E-state index is 0.565. The minimum Gasteiger partial charge on any atom is -0.356 e. The fraction of sp³-hybridized carbons (Fsp3) is 0.615. The second-order valence-corrected chi connectivity index (χ2v) is 5.40. The molecular weight excluding hydrogens is 220 g/mol. The van der Waals surface area contributed by atoms with Gasteiger partial charge in [0.05, 0.1) is 0 Å². The second kappa shape index (κ2) is 6.09. The molecule has 90 valence electrons. The predicted molar refractivity (Wildman–Crippen MR) is 71.1 cm³/mol. The SMILES string of the molecule is CC(C)CN(CC(C)C)c1cccc(Cl)n1. The summed E-state index contributed by atoms with van der Waals surface area (Å²) in [6.07, 6.45) is 0. The van der Waals surface area contributed by atoms with E-state index in [1.807, 2.05) is 18.2 Å². The molecule has 1 heterocycles. The van der Waals surface area contributed by atoms with Gasteiger partial charge in [-0.1, -0.05) is 45.4 Å². The van der Waals surface area contributed by atoms with E-state index in [1.54, 1.807) is 0 Å². The van der Waals surface area contributed by atoms with E-state index >= 15 is 0 Å². The van der Waals surface area contributed by atoms with E-state index < -0.39 is 0 Å². The third-order valence-electron chi connectivity index (χ3n) is 2.20. The van der Waals surface area contributed by atoms with Crippen molar-refractivity contribution in [1.82, 2.24) is 4.98 Å². The standard InChI is InChI=1S/C13H21ClN2/c1-10(2)8-16(9-11(3)4)13-7-5-6-12(14)15-13/h5-7,10-11H,8-9H2,1-4H3. The maximum Gasteiger partial charge on any atom is 0.131 e. The van der Waals surface area contributed by atoms with Crippen molar-refractivity contribution in [3.05, 3.63) is 23.4 Å². The zero-order valence-corrected chi connectivity index (χ0v) is 11.3. The highest BCUT2D eigenvalue weighted by Crippen LogP contribution is 2.17. The molecule has 0 aromatic carbocycles. The molecule has 0 aliphatic rings. The molecule has 3 heteroatoms. The second-order valence-electron chi connectivity index (χ2n) is 5.01. The van der Waals surface area contributed by atoms with Crippen LogP contribution in [0.15, 0.2) is 18.2 Å². The smallest absolute Gasteiger partial charge is 0.131 e. The normalized spacial score (nSPS) is 11.2. The number of aromatic nitrogens is 1. The number of hydrogen-bond acceptors (Lipinski definition) is 2. The Labute approximate surface area is 104 Å². The fourth-order valence-corrected chi connectivity index (χ4v) is 1.88. The summed E-state index contributed by atoms with van der Waals surface area (Å²) in [6.45, 7) is 10.9. The molecule has 0 amide bonds. The lowest BCUT2D eigenvalue weighted by Crippen LogP contribution is -2.31. The van der Waals surface area contributed by atoms with Gasteiger partial charge in [0.15, 0.2) is 0 Å². The van der Waals surface area contributed by atoms with Gasteiger partial charge in [0.1, 0.15) is 11.0 Å². The van der Waals surface area contributed by atoms with Gasteiger partial charge in [-0.25, -0.2) is 4.98 Å². The average Bonchev–Trinajstić information content (AvgIpc) is 2.15. The van der Waals surface area contributed by atoms with Crippen molar-refractivity contribution in [3.8, 4) is 0 Å². The maximum absolute atomic E-state index is 5.92. The molecule has 0 unspecified atom stereocenters. The Bertz CT molecular complexity index is 313. The van der Waals surface area contributed by atoms with Gasteiger partial charge in [0.2, 0.25) is 0 Å². The van der Waals surface area contributed by atoms with Crippen molar-refractivity contribution < 1.29 is 0 Å². The Morgan fingerprint density at radius 3 is 2.12 bits per heavy atom. The molecular formula is C13H21ClN2. The zero-order chi connectivity index (χ0) is 12.1. The topological polar surface area (TPSA) is 16.1 Å². The highest BCUT2D eigenvalue weighted by molar-refractivity contribution is 6.29. The Morgan fingerprint density at radius 2 is 1.69 bits per heavy atom. The molecule has 16 heavy (non-hydrogen) atoms. The van der Waals surface area contributed by atoms with Crippen LogP contribution in [0, 0.1) is 11.8 Å². The lowest BCUT2D eigenvalue weighted by molar-refractivity contribution is 0.549. The lowest BCUT2D eigenvalue weighted by Gasteiger charge is -2.27. The first-order valence-electron chi connectivity index (χ1n) is 5.86. The van der Waals surface area contributed by atoms with Crippen LogP contribution < -0.4 is 4.90 Å². The Hall–Kier alpha value is -0.760. The van der Waals surface area contributed by atoms with E-state index in [0.29, 0.717) is 17.0 Å². The number of hydrogen-bond donors (Lipinski definition) is 0. The maximum atomic E-state index is 5.92. The molecule has 0 atom stereocenters. The number of halogens is 1. The molecule has 0 bridgehead atoms. The summed E-state index contributed by atoms with van der Waals surface area (Å²) in [5.41, 5.74) is 0. The average molecular weight is 241 g/mol. The van der Waals surface area contributed by atoms with Crippen molar-refractivity contribution in [2.24, 2.45) is 11.8 Å². The zero-order valence-electron chi connectivity index (χ0n) is 10.6. The van der Waals surface area contributed by atoms with Crippen LogP contribution in [0.1, 0.15) is 27.7 Å². The van der Waals surface area contributed by atoms with Gasteiger partial charge in [-0.15, -0.1) is 0 Å². The lowest BCUT2D eigenvalue weighted by atomic mass is 10.1. The van der Waals surface area contributed by atoms with Gasteiger partial charge in [-0.2, -0.15) is 0 Å². The van der Waals surface area contributed by atoms with E-state index in [-0.39, 0.29) is 0 Å². The van der Waals surface area contributed by atoms with Crippen molar-refractivity contribution in [1.29, 1.82) is 0 Å². The number of pyridine rings is 1. The first kappa shape index (κ1) is 13.3. The van der Waals surface area contributed by atoms with E-state index in [4.69, 9.17) is 11.6 Å². The van der Waals surface area contributed by atoms with E-state index in [2.05, 4.69) is 37.6 Å². The highest BCUT2D eigenvalue weighted by Gasteiger charge is 2.11. The van der Waals surface area contributed by atoms with Gasteiger partial charge in [-0.3, -0.25) is 0 Å². The van der Waals surface area contributed by atoms with Gasteiger partial charge in [-0.05, 0) is 24.0 Å². The van der Waals surface area contributed by atoms with E-state index in [1.165, 1.54) is 0 Å². The summed E-state index contributed by atoms with van der Waals surface area (Å²) in [7, 11) is 0. The molecule has 1 aromatic rings. The predicted octanol–water partition coefficient (Wildman–Crippen LogP) is 3.85. The first-order valence-corrected chi connectivity index (χ1v) is 6.24. The van der Waals surface area contributed by atoms with E-state index in [0.717, 1.165) is 18.9 Å². The third kappa shape index (κ3) is 4.40. The van der Waals surface area contributed by atoms with Crippen LogP contribution >= 0.6 is 11.6 Å². The summed E-state index contributed by atoms with van der Waals surface area (Å²) in [5, 5.41) is 0.565. The summed E-state index contributed by atoms with van der Waals surface area (Å²) in [5.74, 6) is 2.23. The van der Waals surface area contributed by atoms with Crippen LogP contribution in [0.2, 0.25) is 5.15 Å². The minimum atomic E-state index is 0.565. The molecule has 0 aliphatic carbocycles. The van der Waals surface area contributed by atoms with Crippen molar-refractivity contribution in [3.63, 3.8) is 0 Å². The van der Waals surface area contributed by atoms with Crippen molar-refractivity contribution in [2.75, 3.05) is 18.0 Å². The van der Waals surface area contributed by atoms with Crippen LogP contribution in [0.3, 0.4) is 0 Å². The largest absolute Gasteiger partial charge is 0.356 e. The molecule has 0 saturated carbocycles. The third-order valence-corrected chi connectivity index (χ3v) is 2.41. The monoisotopic (exact) mass is 240 g/mol. The summed E-state index contributed by atoms with van der Waals surface area (Å²) >= 11 is 5.92. The molecule has 1 aromatic heterocycles. The number of anilines is 1. The fourth-order valence-electron chi connectivity index (χ4n) is 1.72. The first-order chi connectivity index (χ1) is 7.49. The highest BCUT2D eigenvalue weighted by atomic mass is 35.5. The van der Waals surface area contributed by atoms with E-state index in [9.17, 15) is 0 Å². The van der Waals surface area contributed by atoms with Crippen molar-refractivity contribution in [2.45, 2.75) is 27.7 Å². The molecule has 0 saturated heterocycles. The van der Waals surface area contributed by atoms with Gasteiger partial charge in [0, 0.05) is 13.1 Å². The van der Waals surface area contributed by atoms with Crippen LogP contribution in [0.4, 0.5) is 5.82 Å². The molecule has 0 N–H and O–H groups in total. The summed E-state index contributed by atoms with van der Waals surface area (Å²) in [6, 6.07) is 5.79. The molecule has 0 spiro atoms. The quantitative estimate of drug-likeness (QED) is 0.727. The Kier molecular flexibility index (Phi) is 5.07. The van der Waals surface area contributed by atoms with Gasteiger partial charge < -0.3 is 4.90 Å². The van der Waals surface area contributed by atoms with Gasteiger partial charge in [0.25, 0.3) is 0 Å². The number of nitrogens with zero attached hydrogens (tertiary/aromatic N) is 2. The van der Waals surface area contributed by atoms with Crippen LogP contribution in [0.25, 0.3) is 0 Å².